The molecule has 176 valence electrons. The molecular formula is C25H27N5O4. The van der Waals surface area contributed by atoms with Crippen molar-refractivity contribution >= 4 is 11.8 Å². The van der Waals surface area contributed by atoms with E-state index in [-0.39, 0.29) is 23.3 Å². The summed E-state index contributed by atoms with van der Waals surface area (Å²) < 4.78 is 1.88. The van der Waals surface area contributed by atoms with Crippen molar-refractivity contribution in [1.29, 1.82) is 0 Å². The van der Waals surface area contributed by atoms with E-state index in [1.165, 1.54) is 4.90 Å². The van der Waals surface area contributed by atoms with E-state index in [9.17, 15) is 14.7 Å². The van der Waals surface area contributed by atoms with Gasteiger partial charge in [-0.2, -0.15) is 0 Å². The van der Waals surface area contributed by atoms with Crippen LogP contribution in [0, 0.1) is 11.8 Å². The predicted molar refractivity (Wildman–Crippen MR) is 124 cm³/mol. The molecule has 6 rings (SSSR count). The highest BCUT2D eigenvalue weighted by Gasteiger charge is 2.42. The number of hydrogen-bond acceptors (Lipinski definition) is 6. The van der Waals surface area contributed by atoms with Crippen molar-refractivity contribution in [1.82, 2.24) is 19.9 Å². The second kappa shape index (κ2) is 7.72. The fraction of sp³-hybridized carbons (Fsp3) is 0.400. The maximum Gasteiger partial charge on any atom is 0.272 e. The number of hydroxylamine groups is 1. The number of rotatable bonds is 3. The lowest BCUT2D eigenvalue weighted by atomic mass is 9.75. The summed E-state index contributed by atoms with van der Waals surface area (Å²) >= 11 is 0. The Morgan fingerprint density at radius 3 is 2.71 bits per heavy atom. The Morgan fingerprint density at radius 1 is 1.35 bits per heavy atom. The summed E-state index contributed by atoms with van der Waals surface area (Å²) in [5, 5.41) is 10.8. The highest BCUT2D eigenvalue weighted by molar-refractivity contribution is 6.05. The Kier molecular flexibility index (Phi) is 5.04. The number of nitrogens with two attached hydrogens (primary N) is 1. The standard InChI is InChI=1S/C25H27N5O4/c1-13-9-19(28-34-13)25(2,33)8-7-14-5-6-17-15-11-16(12-15)30-21(24(32)29(3)4)20(22(26)31)27-23(30)18(17)10-14/h5-6,9-10,15-16,19,28,33H,11-12H2,1-4H3,(H2,26,31). The molecule has 0 radical (unpaired) electrons. The molecular weight excluding hydrogens is 434 g/mol. The third-order valence-electron chi connectivity index (χ3n) is 6.78. The van der Waals surface area contributed by atoms with Gasteiger partial charge in [-0.15, -0.1) is 5.48 Å². The van der Waals surface area contributed by atoms with Gasteiger partial charge in [0, 0.05) is 31.3 Å². The first kappa shape index (κ1) is 22.2. The number of amides is 2. The molecule has 9 heteroatoms. The molecule has 1 aliphatic carbocycles. The number of imidazole rings is 1. The number of aliphatic hydroxyl groups is 1. The third kappa shape index (κ3) is 3.47. The number of primary amides is 1. The summed E-state index contributed by atoms with van der Waals surface area (Å²) in [7, 11) is 3.28. The topological polar surface area (TPSA) is 123 Å². The van der Waals surface area contributed by atoms with Gasteiger partial charge in [-0.1, -0.05) is 17.9 Å². The molecule has 2 unspecified atom stereocenters. The van der Waals surface area contributed by atoms with Crippen molar-refractivity contribution in [2.24, 2.45) is 5.73 Å². The number of hydrogen-bond donors (Lipinski definition) is 3. The first-order valence-corrected chi connectivity index (χ1v) is 11.2. The molecule has 4 aliphatic rings. The average molecular weight is 462 g/mol. The maximum absolute atomic E-state index is 13.0. The van der Waals surface area contributed by atoms with Crippen molar-refractivity contribution in [2.75, 3.05) is 14.1 Å². The molecule has 1 aromatic heterocycles. The number of nitrogens with one attached hydrogen (secondary N) is 1. The summed E-state index contributed by atoms with van der Waals surface area (Å²) in [6.07, 6.45) is 3.51. The van der Waals surface area contributed by atoms with E-state index in [1.54, 1.807) is 34.0 Å². The van der Waals surface area contributed by atoms with E-state index in [0.717, 1.165) is 24.0 Å². The smallest absolute Gasteiger partial charge is 0.272 e. The Bertz CT molecular complexity index is 1300. The monoisotopic (exact) mass is 461 g/mol. The lowest BCUT2D eigenvalue weighted by Gasteiger charge is -2.35. The molecule has 2 aromatic rings. The molecule has 0 spiro atoms. The van der Waals surface area contributed by atoms with Gasteiger partial charge in [0.25, 0.3) is 11.8 Å². The van der Waals surface area contributed by atoms with Gasteiger partial charge in [0.2, 0.25) is 0 Å². The van der Waals surface area contributed by atoms with E-state index >= 15 is 0 Å². The number of benzene rings is 1. The average Bonchev–Trinajstić information content (AvgIpc) is 3.30. The van der Waals surface area contributed by atoms with Crippen molar-refractivity contribution in [3.63, 3.8) is 0 Å². The van der Waals surface area contributed by atoms with Crippen LogP contribution in [-0.2, 0) is 4.84 Å². The molecule has 4 heterocycles. The van der Waals surface area contributed by atoms with E-state index in [0.29, 0.717) is 23.1 Å². The quantitative estimate of drug-likeness (QED) is 0.598. The van der Waals surface area contributed by atoms with Gasteiger partial charge in [0.1, 0.15) is 28.9 Å². The summed E-state index contributed by atoms with van der Waals surface area (Å²) in [5.41, 5.74) is 9.88. The number of carbonyl (C=O) groups is 2. The number of nitrogens with zero attached hydrogens (tertiary/aromatic N) is 3. The minimum Gasteiger partial charge on any atom is -0.413 e. The number of carbonyl (C=O) groups excluding carboxylic acids is 2. The Balaban J connectivity index is 1.61. The lowest BCUT2D eigenvalue weighted by Crippen LogP contribution is -2.43. The molecule has 4 N–H and O–H groups in total. The first-order valence-electron chi connectivity index (χ1n) is 11.2. The third-order valence-corrected chi connectivity index (χ3v) is 6.78. The summed E-state index contributed by atoms with van der Waals surface area (Å²) in [6, 6.07) is 5.48. The Labute approximate surface area is 197 Å². The maximum atomic E-state index is 13.0. The summed E-state index contributed by atoms with van der Waals surface area (Å²) in [5.74, 6) is 6.53. The van der Waals surface area contributed by atoms with Crippen molar-refractivity contribution < 1.29 is 19.5 Å². The van der Waals surface area contributed by atoms with Crippen LogP contribution in [0.25, 0.3) is 11.4 Å². The number of aromatic nitrogens is 2. The molecule has 9 nitrogen and oxygen atoms in total. The zero-order chi connectivity index (χ0) is 24.4. The second-order valence-electron chi connectivity index (χ2n) is 9.56. The van der Waals surface area contributed by atoms with Crippen LogP contribution in [0.3, 0.4) is 0 Å². The lowest BCUT2D eigenvalue weighted by molar-refractivity contribution is 0.0310. The van der Waals surface area contributed by atoms with Crippen LogP contribution in [0.4, 0.5) is 0 Å². The largest absolute Gasteiger partial charge is 0.413 e. The van der Waals surface area contributed by atoms with E-state index in [2.05, 4.69) is 22.3 Å². The minimum atomic E-state index is -1.35. The minimum absolute atomic E-state index is 0.0149. The van der Waals surface area contributed by atoms with Gasteiger partial charge in [0.15, 0.2) is 5.69 Å². The highest BCUT2D eigenvalue weighted by atomic mass is 16.7. The SMILES string of the molecule is CC1=CC(C(C)(O)C#Cc2ccc3c(c2)-c2nc(C(N)=O)c(C(=O)N(C)C)n2C2CC3C2)NO1. The van der Waals surface area contributed by atoms with Gasteiger partial charge in [-0.25, -0.2) is 4.98 Å². The molecule has 0 saturated heterocycles. The summed E-state index contributed by atoms with van der Waals surface area (Å²) in [4.78, 5) is 36.4. The second-order valence-corrected chi connectivity index (χ2v) is 9.56. The molecule has 1 saturated carbocycles. The van der Waals surface area contributed by atoms with Gasteiger partial charge in [0.05, 0.1) is 0 Å². The van der Waals surface area contributed by atoms with E-state index in [4.69, 9.17) is 10.6 Å². The van der Waals surface area contributed by atoms with Gasteiger partial charge >= 0.3 is 0 Å². The van der Waals surface area contributed by atoms with Crippen molar-refractivity contribution in [3.05, 3.63) is 52.5 Å². The van der Waals surface area contributed by atoms with Crippen molar-refractivity contribution in [3.8, 4) is 23.2 Å². The predicted octanol–water partition coefficient (Wildman–Crippen LogP) is 1.69. The van der Waals surface area contributed by atoms with Crippen LogP contribution in [0.1, 0.15) is 70.8 Å². The molecule has 1 fully saturated rings. The van der Waals surface area contributed by atoms with Crippen LogP contribution in [-0.4, -0.2) is 57.1 Å². The van der Waals surface area contributed by atoms with Crippen LogP contribution >= 0.6 is 0 Å². The van der Waals surface area contributed by atoms with E-state index < -0.39 is 17.6 Å². The van der Waals surface area contributed by atoms with Gasteiger partial charge in [-0.3, -0.25) is 9.59 Å². The molecule has 2 bridgehead atoms. The van der Waals surface area contributed by atoms with Crippen LogP contribution in [0.2, 0.25) is 0 Å². The normalized spacial score (nSPS) is 23.6. The zero-order valence-electron chi connectivity index (χ0n) is 19.5. The molecule has 1 aromatic carbocycles. The first-order chi connectivity index (χ1) is 16.1. The molecule has 2 amide bonds. The molecule has 2 atom stereocenters. The number of allylic oxidation sites excluding steroid dienone is 1. The van der Waals surface area contributed by atoms with Crippen LogP contribution < -0.4 is 11.2 Å². The Hall–Kier alpha value is -3.61. The zero-order valence-corrected chi connectivity index (χ0v) is 19.5. The van der Waals surface area contributed by atoms with Crippen LogP contribution in [0.5, 0.6) is 0 Å². The highest BCUT2D eigenvalue weighted by Crippen LogP contribution is 2.52. The fourth-order valence-corrected chi connectivity index (χ4v) is 4.82. The summed E-state index contributed by atoms with van der Waals surface area (Å²) in [6.45, 7) is 3.42. The van der Waals surface area contributed by atoms with Gasteiger partial charge < -0.3 is 25.1 Å². The van der Waals surface area contributed by atoms with E-state index in [1.807, 2.05) is 22.8 Å². The van der Waals surface area contributed by atoms with Gasteiger partial charge in [-0.05, 0) is 56.4 Å². The Morgan fingerprint density at radius 2 is 2.09 bits per heavy atom. The molecule has 3 aliphatic heterocycles. The van der Waals surface area contributed by atoms with Crippen molar-refractivity contribution in [2.45, 2.75) is 50.3 Å². The fourth-order valence-electron chi connectivity index (χ4n) is 4.82. The molecule has 34 heavy (non-hydrogen) atoms. The van der Waals surface area contributed by atoms with Crippen LogP contribution in [0.15, 0.2) is 30.0 Å².